The second-order valence-electron chi connectivity index (χ2n) is 4.70. The second-order valence-corrected chi connectivity index (χ2v) is 5.04. The Morgan fingerprint density at radius 3 is 2.59 bits per heavy atom. The van der Waals surface area contributed by atoms with Gasteiger partial charge in [-0.15, -0.1) is 0 Å². The van der Waals surface area contributed by atoms with Crippen LogP contribution < -0.4 is 10.1 Å². The van der Waals surface area contributed by atoms with E-state index in [1.54, 1.807) is 7.11 Å². The molecule has 0 aliphatic heterocycles. The predicted molar refractivity (Wildman–Crippen MR) is 70.0 cm³/mol. The molecule has 94 valence electrons. The highest BCUT2D eigenvalue weighted by Gasteiger charge is 2.21. The van der Waals surface area contributed by atoms with Gasteiger partial charge in [0.1, 0.15) is 5.75 Å². The molecule has 0 spiro atoms. The summed E-state index contributed by atoms with van der Waals surface area (Å²) in [7, 11) is 1.65. The lowest BCUT2D eigenvalue weighted by Crippen LogP contribution is -2.34. The van der Waals surface area contributed by atoms with E-state index in [2.05, 4.69) is 25.2 Å². The number of halogens is 1. The van der Waals surface area contributed by atoms with Crippen LogP contribution >= 0.6 is 11.6 Å². The number of rotatable bonds is 4. The molecule has 1 aromatic rings. The maximum atomic E-state index is 10.7. The van der Waals surface area contributed by atoms with Crippen LogP contribution in [0.5, 0.6) is 5.75 Å². The molecule has 0 fully saturated rings. The molecule has 1 N–H and O–H groups in total. The molecule has 3 nitrogen and oxygen atoms in total. The first kappa shape index (κ1) is 13.8. The van der Waals surface area contributed by atoms with Gasteiger partial charge in [0.2, 0.25) is 0 Å². The highest BCUT2D eigenvalue weighted by molar-refractivity contribution is 6.62. The lowest BCUT2D eigenvalue weighted by atomic mass is 9.84. The van der Waals surface area contributed by atoms with Gasteiger partial charge in [0.05, 0.1) is 7.11 Å². The molecule has 1 aromatic carbocycles. The van der Waals surface area contributed by atoms with Gasteiger partial charge in [0.25, 0.3) is 0 Å². The molecule has 0 saturated heterocycles. The number of benzene rings is 1. The predicted octanol–water partition coefficient (Wildman–Crippen LogP) is 3.23. The number of methoxy groups -OCH3 is 1. The summed E-state index contributed by atoms with van der Waals surface area (Å²) < 4.78 is 5.22. The summed E-state index contributed by atoms with van der Waals surface area (Å²) in [4.78, 5) is 10.7. The van der Waals surface area contributed by atoms with Crippen molar-refractivity contribution >= 4 is 17.0 Å². The van der Waals surface area contributed by atoms with Crippen LogP contribution in [0.1, 0.15) is 25.0 Å². The molecule has 0 aliphatic carbocycles. The first-order chi connectivity index (χ1) is 7.86. The summed E-state index contributed by atoms with van der Waals surface area (Å²) in [6.45, 7) is 6.61. The number of carbonyl (C=O) groups excluding carboxylic acids is 1. The van der Waals surface area contributed by atoms with Crippen molar-refractivity contribution in [2.75, 3.05) is 13.7 Å². The molecule has 0 aliphatic rings. The van der Waals surface area contributed by atoms with Gasteiger partial charge in [-0.1, -0.05) is 26.0 Å². The average molecular weight is 256 g/mol. The van der Waals surface area contributed by atoms with Crippen LogP contribution in [0.4, 0.5) is 4.79 Å². The smallest absolute Gasteiger partial charge is 0.313 e. The Balaban J connectivity index is 2.90. The zero-order chi connectivity index (χ0) is 13.1. The van der Waals surface area contributed by atoms with E-state index in [1.807, 2.05) is 19.1 Å². The third-order valence-electron chi connectivity index (χ3n) is 2.85. The maximum absolute atomic E-state index is 10.7. The van der Waals surface area contributed by atoms with Crippen LogP contribution in [-0.2, 0) is 5.41 Å². The summed E-state index contributed by atoms with van der Waals surface area (Å²) in [6.07, 6.45) is 0. The number of carbonyl (C=O) groups is 1. The number of hydrogen-bond donors (Lipinski definition) is 1. The van der Waals surface area contributed by atoms with Crippen molar-refractivity contribution in [2.45, 2.75) is 26.2 Å². The summed E-state index contributed by atoms with van der Waals surface area (Å²) >= 11 is 5.28. The molecule has 1 rings (SSSR count). The summed E-state index contributed by atoms with van der Waals surface area (Å²) in [6, 6.07) is 6.01. The minimum absolute atomic E-state index is 0.165. The Kier molecular flexibility index (Phi) is 4.40. The molecule has 1 amide bonds. The van der Waals surface area contributed by atoms with E-state index < -0.39 is 5.37 Å². The van der Waals surface area contributed by atoms with Crippen LogP contribution in [0.15, 0.2) is 18.2 Å². The Hall–Kier alpha value is -1.22. The molecule has 4 heteroatoms. The number of aryl methyl sites for hydroxylation is 1. The van der Waals surface area contributed by atoms with Gasteiger partial charge >= 0.3 is 5.37 Å². The standard InChI is InChI=1S/C13H18ClNO2/c1-9-7-10(5-6-11(9)17-4)13(2,3)8-15-12(14)16/h5-7H,8H2,1-4H3,(H,15,16). The van der Waals surface area contributed by atoms with Crippen LogP contribution in [-0.4, -0.2) is 19.0 Å². The maximum Gasteiger partial charge on any atom is 0.313 e. The minimum atomic E-state index is -0.525. The lowest BCUT2D eigenvalue weighted by molar-refractivity contribution is 0.257. The molecule has 0 bridgehead atoms. The first-order valence-electron chi connectivity index (χ1n) is 5.45. The van der Waals surface area contributed by atoms with Crippen molar-refractivity contribution < 1.29 is 9.53 Å². The molecule has 0 radical (unpaired) electrons. The number of amides is 1. The number of hydrogen-bond acceptors (Lipinski definition) is 2. The zero-order valence-electron chi connectivity index (χ0n) is 10.6. The van der Waals surface area contributed by atoms with Gasteiger partial charge in [-0.3, -0.25) is 4.79 Å². The fourth-order valence-corrected chi connectivity index (χ4v) is 1.76. The molecular weight excluding hydrogens is 238 g/mol. The highest BCUT2D eigenvalue weighted by atomic mass is 35.5. The first-order valence-corrected chi connectivity index (χ1v) is 5.83. The summed E-state index contributed by atoms with van der Waals surface area (Å²) in [5.41, 5.74) is 2.05. The Bertz CT molecular complexity index is 416. The van der Waals surface area contributed by atoms with Crippen LogP contribution in [0, 0.1) is 6.92 Å². The van der Waals surface area contributed by atoms with Gasteiger partial charge in [-0.05, 0) is 35.7 Å². The summed E-state index contributed by atoms with van der Waals surface area (Å²) in [5, 5.41) is 2.10. The molecule has 17 heavy (non-hydrogen) atoms. The zero-order valence-corrected chi connectivity index (χ0v) is 11.4. The Morgan fingerprint density at radius 1 is 1.47 bits per heavy atom. The van der Waals surface area contributed by atoms with E-state index in [1.165, 1.54) is 0 Å². The second kappa shape index (κ2) is 5.41. The third-order valence-corrected chi connectivity index (χ3v) is 2.98. The van der Waals surface area contributed by atoms with E-state index >= 15 is 0 Å². The topological polar surface area (TPSA) is 38.3 Å². The van der Waals surface area contributed by atoms with Crippen molar-refractivity contribution in [2.24, 2.45) is 0 Å². The van der Waals surface area contributed by atoms with Gasteiger partial charge < -0.3 is 10.1 Å². The molecule has 0 heterocycles. The van der Waals surface area contributed by atoms with E-state index in [4.69, 9.17) is 16.3 Å². The number of ether oxygens (including phenoxy) is 1. The quantitative estimate of drug-likeness (QED) is 0.663. The van der Waals surface area contributed by atoms with Crippen molar-refractivity contribution in [3.8, 4) is 5.75 Å². The van der Waals surface area contributed by atoms with Crippen molar-refractivity contribution in [3.05, 3.63) is 29.3 Å². The molecule has 0 saturated carbocycles. The molecule has 0 unspecified atom stereocenters. The minimum Gasteiger partial charge on any atom is -0.496 e. The van der Waals surface area contributed by atoms with E-state index in [0.717, 1.165) is 16.9 Å². The van der Waals surface area contributed by atoms with Crippen molar-refractivity contribution in [3.63, 3.8) is 0 Å². The molecular formula is C13H18ClNO2. The van der Waals surface area contributed by atoms with Gasteiger partial charge in [0.15, 0.2) is 0 Å². The Labute approximate surface area is 107 Å². The fraction of sp³-hybridized carbons (Fsp3) is 0.462. The summed E-state index contributed by atoms with van der Waals surface area (Å²) in [5.74, 6) is 0.867. The van der Waals surface area contributed by atoms with Gasteiger partial charge in [-0.2, -0.15) is 0 Å². The average Bonchev–Trinajstić information content (AvgIpc) is 2.26. The van der Waals surface area contributed by atoms with Crippen LogP contribution in [0.2, 0.25) is 0 Å². The molecule has 0 aromatic heterocycles. The van der Waals surface area contributed by atoms with Crippen LogP contribution in [0.3, 0.4) is 0 Å². The monoisotopic (exact) mass is 255 g/mol. The third kappa shape index (κ3) is 3.63. The van der Waals surface area contributed by atoms with Crippen LogP contribution in [0.25, 0.3) is 0 Å². The van der Waals surface area contributed by atoms with Gasteiger partial charge in [0, 0.05) is 12.0 Å². The van der Waals surface area contributed by atoms with Crippen molar-refractivity contribution in [1.29, 1.82) is 0 Å². The van der Waals surface area contributed by atoms with E-state index in [-0.39, 0.29) is 5.41 Å². The van der Waals surface area contributed by atoms with Gasteiger partial charge in [-0.25, -0.2) is 0 Å². The largest absolute Gasteiger partial charge is 0.496 e. The Morgan fingerprint density at radius 2 is 2.12 bits per heavy atom. The lowest BCUT2D eigenvalue weighted by Gasteiger charge is -2.26. The normalized spacial score (nSPS) is 11.1. The van der Waals surface area contributed by atoms with E-state index in [0.29, 0.717) is 6.54 Å². The van der Waals surface area contributed by atoms with Crippen molar-refractivity contribution in [1.82, 2.24) is 5.32 Å². The van der Waals surface area contributed by atoms with E-state index in [9.17, 15) is 4.79 Å². The highest BCUT2D eigenvalue weighted by Crippen LogP contribution is 2.27. The molecule has 0 atom stereocenters. The number of nitrogens with one attached hydrogen (secondary N) is 1. The SMILES string of the molecule is COc1ccc(C(C)(C)CNC(=O)Cl)cc1C. The fourth-order valence-electron chi connectivity index (χ4n) is 1.69.